The molecule has 1 aliphatic rings. The molecule has 1 saturated heterocycles. The summed E-state index contributed by atoms with van der Waals surface area (Å²) in [5.41, 5.74) is 0. The first kappa shape index (κ1) is 8.69. The molecule has 1 aromatic rings. The van der Waals surface area contributed by atoms with E-state index in [0.717, 1.165) is 25.3 Å². The maximum Gasteiger partial charge on any atom is 0.135 e. The zero-order valence-corrected chi connectivity index (χ0v) is 7.94. The summed E-state index contributed by atoms with van der Waals surface area (Å²) >= 11 is 0. The number of hydrogen-bond donors (Lipinski definition) is 0. The molecule has 0 aliphatic carbocycles. The standard InChI is InChI=1S/C9H15N3O/c1-12-7-10-11-9(12)6-8-4-2-3-5-13-8/h7-8H,2-6H2,1H3. The van der Waals surface area contributed by atoms with Gasteiger partial charge in [0.2, 0.25) is 0 Å². The molecule has 0 N–H and O–H groups in total. The molecular weight excluding hydrogens is 166 g/mol. The van der Waals surface area contributed by atoms with Gasteiger partial charge in [0, 0.05) is 20.1 Å². The van der Waals surface area contributed by atoms with Gasteiger partial charge in [-0.25, -0.2) is 0 Å². The van der Waals surface area contributed by atoms with Crippen LogP contribution < -0.4 is 0 Å². The SMILES string of the molecule is Cn1cnnc1CC1CCCCO1. The van der Waals surface area contributed by atoms with Crippen LogP contribution in [0.15, 0.2) is 6.33 Å². The van der Waals surface area contributed by atoms with E-state index in [4.69, 9.17) is 4.74 Å². The first-order valence-electron chi connectivity index (χ1n) is 4.81. The van der Waals surface area contributed by atoms with Crippen molar-refractivity contribution in [3.63, 3.8) is 0 Å². The number of rotatable bonds is 2. The van der Waals surface area contributed by atoms with Crippen LogP contribution in [0, 0.1) is 0 Å². The van der Waals surface area contributed by atoms with E-state index in [0.29, 0.717) is 6.10 Å². The van der Waals surface area contributed by atoms with E-state index in [1.807, 2.05) is 11.6 Å². The largest absolute Gasteiger partial charge is 0.378 e. The van der Waals surface area contributed by atoms with Crippen molar-refractivity contribution in [2.45, 2.75) is 31.8 Å². The summed E-state index contributed by atoms with van der Waals surface area (Å²) in [5, 5.41) is 7.89. The zero-order valence-electron chi connectivity index (χ0n) is 7.94. The van der Waals surface area contributed by atoms with E-state index >= 15 is 0 Å². The predicted molar refractivity (Wildman–Crippen MR) is 48.3 cm³/mol. The number of hydrogen-bond acceptors (Lipinski definition) is 3. The number of aryl methyl sites for hydroxylation is 1. The predicted octanol–water partition coefficient (Wildman–Crippen LogP) is 0.927. The molecule has 4 nitrogen and oxygen atoms in total. The zero-order chi connectivity index (χ0) is 9.10. The second kappa shape index (κ2) is 3.87. The summed E-state index contributed by atoms with van der Waals surface area (Å²) in [7, 11) is 1.97. The quantitative estimate of drug-likeness (QED) is 0.681. The minimum Gasteiger partial charge on any atom is -0.378 e. The maximum atomic E-state index is 5.63. The van der Waals surface area contributed by atoms with Gasteiger partial charge in [-0.1, -0.05) is 0 Å². The van der Waals surface area contributed by atoms with Crippen molar-refractivity contribution in [1.29, 1.82) is 0 Å². The van der Waals surface area contributed by atoms with E-state index in [-0.39, 0.29) is 0 Å². The van der Waals surface area contributed by atoms with E-state index in [2.05, 4.69) is 10.2 Å². The Morgan fingerprint density at radius 1 is 1.62 bits per heavy atom. The van der Waals surface area contributed by atoms with Crippen LogP contribution in [0.4, 0.5) is 0 Å². The number of nitrogens with zero attached hydrogens (tertiary/aromatic N) is 3. The third-order valence-electron chi connectivity index (χ3n) is 2.49. The van der Waals surface area contributed by atoms with Crippen LogP contribution in [0.1, 0.15) is 25.1 Å². The second-order valence-electron chi connectivity index (χ2n) is 3.55. The molecule has 1 unspecified atom stereocenters. The van der Waals surface area contributed by atoms with Crippen molar-refractivity contribution < 1.29 is 4.74 Å². The lowest BCUT2D eigenvalue weighted by atomic mass is 10.1. The normalized spacial score (nSPS) is 23.3. The lowest BCUT2D eigenvalue weighted by molar-refractivity contribution is 0.0152. The van der Waals surface area contributed by atoms with Crippen molar-refractivity contribution in [2.75, 3.05) is 6.61 Å². The highest BCUT2D eigenvalue weighted by Crippen LogP contribution is 2.15. The molecule has 1 fully saturated rings. The van der Waals surface area contributed by atoms with E-state index in [1.54, 1.807) is 6.33 Å². The highest BCUT2D eigenvalue weighted by Gasteiger charge is 2.16. The molecule has 0 saturated carbocycles. The van der Waals surface area contributed by atoms with Gasteiger partial charge < -0.3 is 9.30 Å². The van der Waals surface area contributed by atoms with E-state index < -0.39 is 0 Å². The Balaban J connectivity index is 1.93. The van der Waals surface area contributed by atoms with Gasteiger partial charge in [-0.2, -0.15) is 0 Å². The van der Waals surface area contributed by atoms with Crippen LogP contribution in [-0.4, -0.2) is 27.5 Å². The molecule has 2 rings (SSSR count). The molecule has 1 aliphatic heterocycles. The third-order valence-corrected chi connectivity index (χ3v) is 2.49. The fourth-order valence-corrected chi connectivity index (χ4v) is 1.66. The summed E-state index contributed by atoms with van der Waals surface area (Å²) in [6.07, 6.45) is 6.64. The summed E-state index contributed by atoms with van der Waals surface area (Å²) < 4.78 is 7.58. The molecule has 0 bridgehead atoms. The number of ether oxygens (including phenoxy) is 1. The Hall–Kier alpha value is -0.900. The van der Waals surface area contributed by atoms with Gasteiger partial charge in [-0.3, -0.25) is 0 Å². The van der Waals surface area contributed by atoms with Crippen molar-refractivity contribution in [3.05, 3.63) is 12.2 Å². The van der Waals surface area contributed by atoms with Gasteiger partial charge in [0.15, 0.2) is 0 Å². The molecule has 0 aromatic carbocycles. The lowest BCUT2D eigenvalue weighted by Crippen LogP contribution is -2.22. The third kappa shape index (κ3) is 2.06. The Labute approximate surface area is 77.9 Å². The average molecular weight is 181 g/mol. The van der Waals surface area contributed by atoms with Crippen molar-refractivity contribution in [2.24, 2.45) is 7.05 Å². The molecule has 2 heterocycles. The Morgan fingerprint density at radius 3 is 3.15 bits per heavy atom. The van der Waals surface area contributed by atoms with Crippen LogP contribution in [-0.2, 0) is 18.2 Å². The first-order valence-corrected chi connectivity index (χ1v) is 4.81. The smallest absolute Gasteiger partial charge is 0.135 e. The molecule has 0 spiro atoms. The summed E-state index contributed by atoms with van der Waals surface area (Å²) in [4.78, 5) is 0. The van der Waals surface area contributed by atoms with E-state index in [9.17, 15) is 0 Å². The summed E-state index contributed by atoms with van der Waals surface area (Å²) in [6.45, 7) is 0.905. The molecular formula is C9H15N3O. The van der Waals surface area contributed by atoms with Crippen LogP contribution in [0.25, 0.3) is 0 Å². The van der Waals surface area contributed by atoms with Crippen molar-refractivity contribution in [3.8, 4) is 0 Å². The van der Waals surface area contributed by atoms with Gasteiger partial charge in [0.25, 0.3) is 0 Å². The van der Waals surface area contributed by atoms with Crippen LogP contribution >= 0.6 is 0 Å². The Morgan fingerprint density at radius 2 is 2.54 bits per heavy atom. The maximum absolute atomic E-state index is 5.63. The fourth-order valence-electron chi connectivity index (χ4n) is 1.66. The topological polar surface area (TPSA) is 39.9 Å². The summed E-state index contributed by atoms with van der Waals surface area (Å²) in [6, 6.07) is 0. The molecule has 72 valence electrons. The second-order valence-corrected chi connectivity index (χ2v) is 3.55. The van der Waals surface area contributed by atoms with Crippen LogP contribution in [0.5, 0.6) is 0 Å². The minimum atomic E-state index is 0.358. The fraction of sp³-hybridized carbons (Fsp3) is 0.778. The molecule has 4 heteroatoms. The Bertz CT molecular complexity index is 266. The highest BCUT2D eigenvalue weighted by atomic mass is 16.5. The molecule has 13 heavy (non-hydrogen) atoms. The van der Waals surface area contributed by atoms with Gasteiger partial charge in [-0.05, 0) is 19.3 Å². The molecule has 0 amide bonds. The number of aromatic nitrogens is 3. The highest BCUT2D eigenvalue weighted by molar-refractivity contribution is 4.88. The molecule has 1 atom stereocenters. The average Bonchev–Trinajstić information content (AvgIpc) is 2.54. The van der Waals surface area contributed by atoms with Gasteiger partial charge >= 0.3 is 0 Å². The van der Waals surface area contributed by atoms with Crippen molar-refractivity contribution in [1.82, 2.24) is 14.8 Å². The van der Waals surface area contributed by atoms with Crippen molar-refractivity contribution >= 4 is 0 Å². The monoisotopic (exact) mass is 181 g/mol. The van der Waals surface area contributed by atoms with Gasteiger partial charge in [0.1, 0.15) is 12.2 Å². The summed E-state index contributed by atoms with van der Waals surface area (Å²) in [5.74, 6) is 1.02. The van der Waals surface area contributed by atoms with Crippen LogP contribution in [0.2, 0.25) is 0 Å². The molecule has 1 aromatic heterocycles. The lowest BCUT2D eigenvalue weighted by Gasteiger charge is -2.21. The molecule has 0 radical (unpaired) electrons. The first-order chi connectivity index (χ1) is 6.36. The Kier molecular flexibility index (Phi) is 2.59. The minimum absolute atomic E-state index is 0.358. The van der Waals surface area contributed by atoms with Crippen LogP contribution in [0.3, 0.4) is 0 Å². The van der Waals surface area contributed by atoms with E-state index in [1.165, 1.54) is 12.8 Å². The van der Waals surface area contributed by atoms with Gasteiger partial charge in [0.05, 0.1) is 6.10 Å². The van der Waals surface area contributed by atoms with Gasteiger partial charge in [-0.15, -0.1) is 10.2 Å².